The van der Waals surface area contributed by atoms with Crippen molar-refractivity contribution in [2.75, 3.05) is 11.4 Å². The fraction of sp³-hybridized carbons (Fsp3) is 0.611. The Kier molecular flexibility index (Phi) is 5.05. The van der Waals surface area contributed by atoms with Crippen molar-refractivity contribution >= 4 is 39.9 Å². The fourth-order valence-corrected chi connectivity index (χ4v) is 5.14. The molecule has 23 heavy (non-hydrogen) atoms. The Hall–Kier alpha value is -0.580. The molecule has 2 N–H and O–H groups in total. The molecule has 0 saturated heterocycles. The molecule has 4 rings (SSSR count). The number of nitrogens with zero attached hydrogens (tertiary/aromatic N) is 1. The van der Waals surface area contributed by atoms with Gasteiger partial charge in [-0.05, 0) is 61.6 Å². The zero-order chi connectivity index (χ0) is 15.3. The highest BCUT2D eigenvalue weighted by atomic mass is 79.9. The van der Waals surface area contributed by atoms with Crippen molar-refractivity contribution in [1.29, 1.82) is 0 Å². The molecule has 2 aliphatic carbocycles. The van der Waals surface area contributed by atoms with Crippen molar-refractivity contribution in [3.8, 4) is 0 Å². The third kappa shape index (κ3) is 3.06. The maximum atomic E-state index is 13.1. The first-order chi connectivity index (χ1) is 10.6. The summed E-state index contributed by atoms with van der Waals surface area (Å²) in [7, 11) is 0. The summed E-state index contributed by atoms with van der Waals surface area (Å²) in [5, 5.41) is 0. The van der Waals surface area contributed by atoms with Crippen molar-refractivity contribution in [2.45, 2.75) is 44.6 Å². The van der Waals surface area contributed by atoms with E-state index in [2.05, 4.69) is 34.1 Å². The molecule has 3 aliphatic rings. The molecule has 3 nitrogen and oxygen atoms in total. The van der Waals surface area contributed by atoms with Gasteiger partial charge in [0.15, 0.2) is 0 Å². The molecular formula is C18H24BrClN2O. The lowest BCUT2D eigenvalue weighted by molar-refractivity contribution is -0.125. The number of carbonyl (C=O) groups excluding carboxylic acids is 1. The average Bonchev–Trinajstić information content (AvgIpc) is 2.89. The summed E-state index contributed by atoms with van der Waals surface area (Å²) in [5.41, 5.74) is 8.77. The van der Waals surface area contributed by atoms with E-state index in [1.165, 1.54) is 24.8 Å². The highest BCUT2D eigenvalue weighted by Gasteiger charge is 2.42. The van der Waals surface area contributed by atoms with Crippen LogP contribution in [0.4, 0.5) is 5.69 Å². The fourth-order valence-electron chi connectivity index (χ4n) is 4.79. The van der Waals surface area contributed by atoms with Crippen LogP contribution in [0.5, 0.6) is 0 Å². The summed E-state index contributed by atoms with van der Waals surface area (Å²) in [6, 6.07) is 6.63. The van der Waals surface area contributed by atoms with Crippen LogP contribution >= 0.6 is 28.3 Å². The molecule has 1 heterocycles. The number of benzene rings is 1. The second-order valence-corrected chi connectivity index (χ2v) is 8.13. The van der Waals surface area contributed by atoms with E-state index in [0.717, 1.165) is 36.0 Å². The highest BCUT2D eigenvalue weighted by Crippen LogP contribution is 2.43. The lowest BCUT2D eigenvalue weighted by Gasteiger charge is -2.44. The van der Waals surface area contributed by atoms with Crippen LogP contribution in [0.25, 0.3) is 0 Å². The molecule has 1 aliphatic heterocycles. The van der Waals surface area contributed by atoms with Crippen LogP contribution < -0.4 is 10.6 Å². The number of fused-ring (bicyclic) bond motifs is 3. The minimum atomic E-state index is 0. The molecule has 126 valence electrons. The summed E-state index contributed by atoms with van der Waals surface area (Å²) in [6.07, 6.45) is 6.69. The third-order valence-electron chi connectivity index (χ3n) is 5.97. The second-order valence-electron chi connectivity index (χ2n) is 7.21. The van der Waals surface area contributed by atoms with Crippen LogP contribution in [0.3, 0.4) is 0 Å². The van der Waals surface area contributed by atoms with Gasteiger partial charge < -0.3 is 10.6 Å². The SMILES string of the molecule is Cl.NC1C2CCCC1CC(C(=O)N1CCc3ccc(Br)cc31)C2. The van der Waals surface area contributed by atoms with Crippen molar-refractivity contribution in [3.63, 3.8) is 0 Å². The number of hydrogen-bond acceptors (Lipinski definition) is 2. The molecule has 2 atom stereocenters. The Morgan fingerprint density at radius 1 is 1.22 bits per heavy atom. The number of nitrogens with two attached hydrogens (primary N) is 1. The molecule has 1 amide bonds. The Morgan fingerprint density at radius 2 is 1.91 bits per heavy atom. The van der Waals surface area contributed by atoms with Crippen LogP contribution in [0.15, 0.2) is 22.7 Å². The molecule has 2 fully saturated rings. The Morgan fingerprint density at radius 3 is 2.61 bits per heavy atom. The standard InChI is InChI=1S/C18H23BrN2O.ClH/c19-15-5-4-11-6-7-21(16(11)10-15)18(22)14-8-12-2-1-3-13(9-14)17(12)20;/h4-5,10,12-14,17H,1-3,6-9,20H2;1H. The summed E-state index contributed by atoms with van der Waals surface area (Å²) >= 11 is 3.53. The van der Waals surface area contributed by atoms with Gasteiger partial charge in [-0.2, -0.15) is 0 Å². The maximum absolute atomic E-state index is 13.1. The maximum Gasteiger partial charge on any atom is 0.230 e. The molecule has 2 saturated carbocycles. The zero-order valence-electron chi connectivity index (χ0n) is 13.2. The number of halogens is 2. The van der Waals surface area contributed by atoms with E-state index in [-0.39, 0.29) is 18.3 Å². The number of carbonyl (C=O) groups is 1. The molecule has 5 heteroatoms. The molecule has 1 aromatic rings. The summed E-state index contributed by atoms with van der Waals surface area (Å²) in [6.45, 7) is 0.836. The Labute approximate surface area is 152 Å². The van der Waals surface area contributed by atoms with Crippen LogP contribution in [0, 0.1) is 17.8 Å². The Bertz CT molecular complexity index is 595. The van der Waals surface area contributed by atoms with Crippen molar-refractivity contribution < 1.29 is 4.79 Å². The second kappa shape index (κ2) is 6.73. The van der Waals surface area contributed by atoms with Crippen LogP contribution in [-0.4, -0.2) is 18.5 Å². The summed E-state index contributed by atoms with van der Waals surface area (Å²) < 4.78 is 1.05. The van der Waals surface area contributed by atoms with Gasteiger partial charge in [-0.1, -0.05) is 28.4 Å². The number of hydrogen-bond donors (Lipinski definition) is 1. The van der Waals surface area contributed by atoms with E-state index < -0.39 is 0 Å². The number of rotatable bonds is 1. The lowest BCUT2D eigenvalue weighted by atomic mass is 9.65. The van der Waals surface area contributed by atoms with Gasteiger partial charge in [0.25, 0.3) is 0 Å². The van der Waals surface area contributed by atoms with Gasteiger partial charge in [0.1, 0.15) is 0 Å². The van der Waals surface area contributed by atoms with E-state index >= 15 is 0 Å². The van der Waals surface area contributed by atoms with Gasteiger partial charge in [0, 0.05) is 28.7 Å². The van der Waals surface area contributed by atoms with E-state index in [1.807, 2.05) is 4.90 Å². The number of amides is 1. The normalized spacial score (nSPS) is 32.2. The average molecular weight is 400 g/mol. The van der Waals surface area contributed by atoms with Gasteiger partial charge in [-0.3, -0.25) is 4.79 Å². The minimum Gasteiger partial charge on any atom is -0.327 e. The molecule has 1 aromatic carbocycles. The third-order valence-corrected chi connectivity index (χ3v) is 6.46. The molecule has 2 unspecified atom stereocenters. The monoisotopic (exact) mass is 398 g/mol. The molecule has 0 aromatic heterocycles. The van der Waals surface area contributed by atoms with Gasteiger partial charge in [-0.15, -0.1) is 12.4 Å². The first kappa shape index (κ1) is 17.2. The predicted molar refractivity (Wildman–Crippen MR) is 99.0 cm³/mol. The van der Waals surface area contributed by atoms with Gasteiger partial charge in [0.05, 0.1) is 0 Å². The van der Waals surface area contributed by atoms with E-state index in [4.69, 9.17) is 5.73 Å². The lowest BCUT2D eigenvalue weighted by Crippen LogP contribution is -2.49. The topological polar surface area (TPSA) is 46.3 Å². The molecule has 0 spiro atoms. The van der Waals surface area contributed by atoms with Gasteiger partial charge in [0.2, 0.25) is 5.91 Å². The summed E-state index contributed by atoms with van der Waals surface area (Å²) in [5.74, 6) is 1.64. The predicted octanol–water partition coefficient (Wildman–Crippen LogP) is 3.91. The largest absolute Gasteiger partial charge is 0.327 e. The number of anilines is 1. The first-order valence-corrected chi connectivity index (χ1v) is 9.28. The van der Waals surface area contributed by atoms with Crippen molar-refractivity contribution in [2.24, 2.45) is 23.5 Å². The van der Waals surface area contributed by atoms with Crippen LogP contribution in [0.1, 0.15) is 37.7 Å². The van der Waals surface area contributed by atoms with E-state index in [0.29, 0.717) is 23.8 Å². The quantitative estimate of drug-likeness (QED) is 0.778. The van der Waals surface area contributed by atoms with Gasteiger partial charge >= 0.3 is 0 Å². The van der Waals surface area contributed by atoms with Crippen LogP contribution in [-0.2, 0) is 11.2 Å². The van der Waals surface area contributed by atoms with E-state index in [9.17, 15) is 4.79 Å². The zero-order valence-corrected chi connectivity index (χ0v) is 15.6. The van der Waals surface area contributed by atoms with Crippen molar-refractivity contribution in [3.05, 3.63) is 28.2 Å². The Balaban J connectivity index is 0.00000156. The van der Waals surface area contributed by atoms with Gasteiger partial charge in [-0.25, -0.2) is 0 Å². The summed E-state index contributed by atoms with van der Waals surface area (Å²) in [4.78, 5) is 15.1. The van der Waals surface area contributed by atoms with E-state index in [1.54, 1.807) is 0 Å². The minimum absolute atomic E-state index is 0. The highest BCUT2D eigenvalue weighted by molar-refractivity contribution is 9.10. The smallest absolute Gasteiger partial charge is 0.230 e. The van der Waals surface area contributed by atoms with Crippen molar-refractivity contribution in [1.82, 2.24) is 0 Å². The molecular weight excluding hydrogens is 376 g/mol. The molecule has 0 radical (unpaired) electrons. The van der Waals surface area contributed by atoms with Crippen LogP contribution in [0.2, 0.25) is 0 Å². The first-order valence-electron chi connectivity index (χ1n) is 8.49. The molecule has 2 bridgehead atoms.